The Kier molecular flexibility index (Phi) is 6.77. The molecule has 37 heavy (non-hydrogen) atoms. The van der Waals surface area contributed by atoms with Crippen LogP contribution in [0.1, 0.15) is 36.7 Å². The summed E-state index contributed by atoms with van der Waals surface area (Å²) in [6.07, 6.45) is 0. The molecule has 0 unspecified atom stereocenters. The van der Waals surface area contributed by atoms with Crippen LogP contribution in [-0.2, 0) is 12.5 Å². The molecule has 0 radical (unpaired) electrons. The van der Waals surface area contributed by atoms with E-state index in [0.29, 0.717) is 10.4 Å². The lowest BCUT2D eigenvalue weighted by molar-refractivity contribution is 0.0998. The van der Waals surface area contributed by atoms with E-state index in [1.165, 1.54) is 16.7 Å². The van der Waals surface area contributed by atoms with E-state index in [-0.39, 0.29) is 11.3 Å². The van der Waals surface area contributed by atoms with E-state index in [4.69, 9.17) is 0 Å². The van der Waals surface area contributed by atoms with Crippen LogP contribution in [0, 0.1) is 0 Å². The largest absolute Gasteiger partial charge is 0.319 e. The Balaban J connectivity index is 1.58. The molecule has 3 nitrogen and oxygen atoms in total. The lowest BCUT2D eigenvalue weighted by Crippen LogP contribution is -2.15. The molecule has 5 aromatic rings. The van der Waals surface area contributed by atoms with Gasteiger partial charge in [0.25, 0.3) is 5.91 Å². The Morgan fingerprint density at radius 1 is 0.676 bits per heavy atom. The van der Waals surface area contributed by atoms with Crippen molar-refractivity contribution in [3.05, 3.63) is 125 Å². The summed E-state index contributed by atoms with van der Waals surface area (Å²) < 4.78 is 2.03. The number of hydrogen-bond donors (Lipinski definition) is 0. The van der Waals surface area contributed by atoms with Crippen molar-refractivity contribution < 1.29 is 4.79 Å². The Hall–Kier alpha value is -4.02. The molecule has 5 rings (SSSR count). The van der Waals surface area contributed by atoms with Gasteiger partial charge in [-0.2, -0.15) is 4.99 Å². The van der Waals surface area contributed by atoms with Gasteiger partial charge in [-0.15, -0.1) is 0 Å². The zero-order chi connectivity index (χ0) is 26.0. The number of benzene rings is 4. The van der Waals surface area contributed by atoms with Gasteiger partial charge in [-0.1, -0.05) is 129 Å². The van der Waals surface area contributed by atoms with Crippen LogP contribution in [0.5, 0.6) is 0 Å². The third-order valence-corrected chi connectivity index (χ3v) is 7.71. The third-order valence-electron chi connectivity index (χ3n) is 6.53. The van der Waals surface area contributed by atoms with Crippen LogP contribution in [0.3, 0.4) is 0 Å². The quantitative estimate of drug-likeness (QED) is 0.244. The van der Waals surface area contributed by atoms with Crippen molar-refractivity contribution in [3.63, 3.8) is 0 Å². The minimum absolute atomic E-state index is 0.0362. The highest BCUT2D eigenvalue weighted by Gasteiger charge is 2.17. The summed E-state index contributed by atoms with van der Waals surface area (Å²) in [6, 6.07) is 37.0. The second kappa shape index (κ2) is 10.2. The first-order valence-corrected chi connectivity index (χ1v) is 13.2. The van der Waals surface area contributed by atoms with Crippen molar-refractivity contribution in [1.82, 2.24) is 4.57 Å². The maximum Gasteiger partial charge on any atom is 0.279 e. The molecule has 0 aliphatic carbocycles. The molecule has 1 aromatic heterocycles. The number of rotatable bonds is 4. The first kappa shape index (κ1) is 24.7. The lowest BCUT2D eigenvalue weighted by Gasteiger charge is -2.18. The fourth-order valence-electron chi connectivity index (χ4n) is 4.38. The van der Waals surface area contributed by atoms with Gasteiger partial charge in [0.15, 0.2) is 4.80 Å². The number of nitrogens with zero attached hydrogens (tertiary/aromatic N) is 2. The van der Waals surface area contributed by atoms with Crippen LogP contribution in [0.4, 0.5) is 0 Å². The van der Waals surface area contributed by atoms with Crippen LogP contribution < -0.4 is 4.80 Å². The van der Waals surface area contributed by atoms with Crippen molar-refractivity contribution in [2.45, 2.75) is 26.2 Å². The SMILES string of the molecule is Cn1c(-c2ccc(-c3ccccc3)cc2)c(-c2ccccc2)sc1=NC(=O)c1ccc(C(C)(C)C)cc1. The van der Waals surface area contributed by atoms with Crippen LogP contribution in [0.25, 0.3) is 32.8 Å². The molecule has 184 valence electrons. The fraction of sp³-hybridized carbons (Fsp3) is 0.152. The molecule has 0 saturated carbocycles. The van der Waals surface area contributed by atoms with E-state index in [2.05, 4.69) is 86.4 Å². The minimum atomic E-state index is -0.233. The van der Waals surface area contributed by atoms with Crippen LogP contribution in [0.15, 0.2) is 114 Å². The first-order chi connectivity index (χ1) is 17.8. The van der Waals surface area contributed by atoms with Crippen molar-refractivity contribution >= 4 is 17.2 Å². The normalized spacial score (nSPS) is 12.1. The number of carbonyl (C=O) groups is 1. The van der Waals surface area contributed by atoms with Gasteiger partial charge in [-0.3, -0.25) is 4.79 Å². The van der Waals surface area contributed by atoms with Crippen LogP contribution in [0.2, 0.25) is 0 Å². The number of carbonyl (C=O) groups excluding carboxylic acids is 1. The molecule has 0 N–H and O–H groups in total. The second-order valence-electron chi connectivity index (χ2n) is 10.2. The fourth-order valence-corrected chi connectivity index (χ4v) is 5.52. The van der Waals surface area contributed by atoms with Gasteiger partial charge in [-0.25, -0.2) is 0 Å². The average molecular weight is 503 g/mol. The molecule has 0 saturated heterocycles. The summed E-state index contributed by atoms with van der Waals surface area (Å²) in [7, 11) is 1.98. The summed E-state index contributed by atoms with van der Waals surface area (Å²) in [5.41, 5.74) is 7.41. The van der Waals surface area contributed by atoms with Gasteiger partial charge in [0.1, 0.15) is 0 Å². The first-order valence-electron chi connectivity index (χ1n) is 12.4. The molecular formula is C33H30N2OS. The molecule has 4 aromatic carbocycles. The third kappa shape index (κ3) is 5.25. The van der Waals surface area contributed by atoms with Crippen LogP contribution >= 0.6 is 11.3 Å². The lowest BCUT2D eigenvalue weighted by atomic mass is 9.87. The zero-order valence-corrected chi connectivity index (χ0v) is 22.4. The van der Waals surface area contributed by atoms with Gasteiger partial charge in [0.2, 0.25) is 0 Å². The van der Waals surface area contributed by atoms with E-state index in [0.717, 1.165) is 21.7 Å². The molecule has 0 bridgehead atoms. The predicted molar refractivity (Wildman–Crippen MR) is 155 cm³/mol. The average Bonchev–Trinajstić information content (AvgIpc) is 3.25. The maximum absolute atomic E-state index is 13.1. The standard InChI is InChI=1S/C33H30N2OS/c1-33(2,3)28-21-19-27(20-22-28)31(36)34-32-35(4)29(30(37-32)26-13-9-6-10-14-26)25-17-15-24(16-18-25)23-11-7-5-8-12-23/h5-22H,1-4H3. The van der Waals surface area contributed by atoms with E-state index < -0.39 is 0 Å². The summed E-state index contributed by atoms with van der Waals surface area (Å²) in [6.45, 7) is 6.50. The molecule has 1 amide bonds. The van der Waals surface area contributed by atoms with E-state index in [1.54, 1.807) is 11.3 Å². The molecule has 0 aliphatic rings. The number of thiazole rings is 1. The molecule has 0 aliphatic heterocycles. The number of amides is 1. The van der Waals surface area contributed by atoms with Crippen molar-refractivity contribution in [1.29, 1.82) is 0 Å². The topological polar surface area (TPSA) is 34.4 Å². The van der Waals surface area contributed by atoms with E-state index in [9.17, 15) is 4.79 Å². The van der Waals surface area contributed by atoms with Gasteiger partial charge in [-0.05, 0) is 45.4 Å². The highest BCUT2D eigenvalue weighted by atomic mass is 32.1. The number of hydrogen-bond acceptors (Lipinski definition) is 2. The second-order valence-corrected chi connectivity index (χ2v) is 11.2. The van der Waals surface area contributed by atoms with Crippen LogP contribution in [-0.4, -0.2) is 10.5 Å². The molecular weight excluding hydrogens is 472 g/mol. The molecule has 0 fully saturated rings. The van der Waals surface area contributed by atoms with Crippen molar-refractivity contribution in [2.24, 2.45) is 12.0 Å². The maximum atomic E-state index is 13.1. The minimum Gasteiger partial charge on any atom is -0.319 e. The summed E-state index contributed by atoms with van der Waals surface area (Å²) in [5, 5.41) is 0. The van der Waals surface area contributed by atoms with Crippen molar-refractivity contribution in [2.75, 3.05) is 0 Å². The molecule has 4 heteroatoms. The Morgan fingerprint density at radius 3 is 1.76 bits per heavy atom. The highest BCUT2D eigenvalue weighted by Crippen LogP contribution is 2.35. The van der Waals surface area contributed by atoms with E-state index >= 15 is 0 Å². The van der Waals surface area contributed by atoms with Gasteiger partial charge < -0.3 is 4.57 Å². The van der Waals surface area contributed by atoms with E-state index in [1.807, 2.05) is 60.1 Å². The Morgan fingerprint density at radius 2 is 1.19 bits per heavy atom. The van der Waals surface area contributed by atoms with Crippen molar-refractivity contribution in [3.8, 4) is 32.8 Å². The van der Waals surface area contributed by atoms with Gasteiger partial charge >= 0.3 is 0 Å². The zero-order valence-electron chi connectivity index (χ0n) is 21.6. The van der Waals surface area contributed by atoms with Gasteiger partial charge in [0, 0.05) is 12.6 Å². The van der Waals surface area contributed by atoms with Gasteiger partial charge in [0.05, 0.1) is 10.6 Å². The highest BCUT2D eigenvalue weighted by molar-refractivity contribution is 7.13. The Bertz CT molecular complexity index is 1590. The molecule has 0 atom stereocenters. The monoisotopic (exact) mass is 502 g/mol. The summed E-state index contributed by atoms with van der Waals surface area (Å²) in [4.78, 5) is 19.5. The smallest absolute Gasteiger partial charge is 0.279 e. The summed E-state index contributed by atoms with van der Waals surface area (Å²) in [5.74, 6) is -0.233. The molecule has 0 spiro atoms. The molecule has 1 heterocycles. The summed E-state index contributed by atoms with van der Waals surface area (Å²) >= 11 is 1.54. The predicted octanol–water partition coefficient (Wildman–Crippen LogP) is 8.13. The number of aromatic nitrogens is 1. The Labute approximate surface area is 222 Å².